The van der Waals surface area contributed by atoms with E-state index < -0.39 is 17.5 Å². The summed E-state index contributed by atoms with van der Waals surface area (Å²) in [4.78, 5) is 21.9. The normalized spacial score (nSPS) is 12.1. The second-order valence-electron chi connectivity index (χ2n) is 3.73. The molecular weight excluding hydrogens is 186 g/mol. The van der Waals surface area contributed by atoms with Crippen molar-refractivity contribution in [2.45, 2.75) is 33.3 Å². The largest absolute Gasteiger partial charge is 0.513 e. The number of hydrogen-bond acceptors (Lipinski definition) is 4. The van der Waals surface area contributed by atoms with E-state index in [-0.39, 0.29) is 5.70 Å². The van der Waals surface area contributed by atoms with Crippen LogP contribution in [0.3, 0.4) is 0 Å². The van der Waals surface area contributed by atoms with Gasteiger partial charge in [-0.1, -0.05) is 0 Å². The maximum atomic E-state index is 11.3. The molecule has 0 atom stereocenters. The van der Waals surface area contributed by atoms with E-state index in [1.807, 2.05) is 0 Å². The van der Waals surface area contributed by atoms with E-state index in [1.165, 1.54) is 6.92 Å². The van der Waals surface area contributed by atoms with Crippen molar-refractivity contribution in [3.8, 4) is 0 Å². The lowest BCUT2D eigenvalue weighted by molar-refractivity contribution is -0.151. The van der Waals surface area contributed by atoms with Gasteiger partial charge in [-0.15, -0.1) is 0 Å². The van der Waals surface area contributed by atoms with Gasteiger partial charge in [-0.3, -0.25) is 4.79 Å². The minimum atomic E-state index is -0.768. The number of aliphatic hydroxyl groups is 1. The van der Waals surface area contributed by atoms with Gasteiger partial charge in [-0.05, 0) is 20.8 Å². The third-order valence-corrected chi connectivity index (χ3v) is 1.06. The predicted octanol–water partition coefficient (Wildman–Crippen LogP) is 0.864. The Morgan fingerprint density at radius 3 is 2.14 bits per heavy atom. The van der Waals surface area contributed by atoms with Gasteiger partial charge >= 0.3 is 5.97 Å². The van der Waals surface area contributed by atoms with Crippen LogP contribution in [0, 0.1) is 0 Å². The summed E-state index contributed by atoms with van der Waals surface area (Å²) in [6.45, 7) is 6.29. The van der Waals surface area contributed by atoms with Crippen LogP contribution in [-0.4, -0.2) is 22.6 Å². The lowest BCUT2D eigenvalue weighted by atomic mass is 10.2. The minimum Gasteiger partial charge on any atom is -0.513 e. The number of esters is 1. The van der Waals surface area contributed by atoms with E-state index >= 15 is 0 Å². The second-order valence-corrected chi connectivity index (χ2v) is 3.73. The summed E-state index contributed by atoms with van der Waals surface area (Å²) in [7, 11) is 0. The van der Waals surface area contributed by atoms with Crippen LogP contribution in [0.4, 0.5) is 0 Å². The molecule has 0 aromatic carbocycles. The summed E-state index contributed by atoms with van der Waals surface area (Å²) in [6.07, 6.45) is 0.509. The molecule has 0 aliphatic heterocycles. The summed E-state index contributed by atoms with van der Waals surface area (Å²) in [5, 5.41) is 10.8. The molecule has 5 heteroatoms. The van der Waals surface area contributed by atoms with Crippen LogP contribution in [0.15, 0.2) is 12.0 Å². The van der Waals surface area contributed by atoms with Crippen molar-refractivity contribution in [2.75, 3.05) is 0 Å². The Balaban J connectivity index is 4.43. The van der Waals surface area contributed by atoms with Gasteiger partial charge in [-0.2, -0.15) is 0 Å². The molecule has 0 saturated heterocycles. The van der Waals surface area contributed by atoms with Crippen LogP contribution in [0.2, 0.25) is 0 Å². The van der Waals surface area contributed by atoms with Gasteiger partial charge in [0.1, 0.15) is 11.9 Å². The molecule has 0 aliphatic carbocycles. The van der Waals surface area contributed by atoms with Crippen LogP contribution in [0.25, 0.3) is 0 Å². The molecule has 0 bridgehead atoms. The molecule has 0 unspecified atom stereocenters. The molecule has 0 fully saturated rings. The summed E-state index contributed by atoms with van der Waals surface area (Å²) in [5.74, 6) is -1.22. The summed E-state index contributed by atoms with van der Waals surface area (Å²) in [6, 6.07) is 0. The third kappa shape index (κ3) is 5.18. The van der Waals surface area contributed by atoms with E-state index in [9.17, 15) is 9.59 Å². The standard InChI is InChI=1S/C9H15NO4/c1-6(12)10-7(5-11)8(13)14-9(2,3)4/h5,11H,1-4H3,(H,10,12)/b7-5-. The van der Waals surface area contributed by atoms with Crippen molar-refractivity contribution >= 4 is 11.9 Å². The monoisotopic (exact) mass is 201 g/mol. The first kappa shape index (κ1) is 12.5. The van der Waals surface area contributed by atoms with Crippen molar-refractivity contribution < 1.29 is 19.4 Å². The molecule has 0 aromatic rings. The summed E-state index contributed by atoms with van der Waals surface area (Å²) in [5.41, 5.74) is -0.934. The molecule has 1 amide bonds. The number of rotatable bonds is 2. The average Bonchev–Trinajstić information content (AvgIpc) is 1.96. The SMILES string of the molecule is CC(=O)N/C(=C\O)C(=O)OC(C)(C)C. The molecular formula is C9H15NO4. The molecule has 2 N–H and O–H groups in total. The molecule has 0 spiro atoms. The number of carbonyl (C=O) groups is 2. The minimum absolute atomic E-state index is 0.271. The third-order valence-electron chi connectivity index (χ3n) is 1.06. The van der Waals surface area contributed by atoms with Crippen LogP contribution in [0.5, 0.6) is 0 Å². The summed E-state index contributed by atoms with van der Waals surface area (Å²) < 4.78 is 4.91. The van der Waals surface area contributed by atoms with Gasteiger partial charge in [0.05, 0.1) is 0 Å². The Labute approximate surface area is 82.7 Å². The fraction of sp³-hybridized carbons (Fsp3) is 0.556. The number of aliphatic hydroxyl groups excluding tert-OH is 1. The van der Waals surface area contributed by atoms with E-state index in [4.69, 9.17) is 9.84 Å². The summed E-state index contributed by atoms with van der Waals surface area (Å²) >= 11 is 0. The fourth-order valence-electron chi connectivity index (χ4n) is 0.659. The van der Waals surface area contributed by atoms with Crippen LogP contribution < -0.4 is 5.32 Å². The lowest BCUT2D eigenvalue weighted by Crippen LogP contribution is -2.31. The number of hydrogen-bond donors (Lipinski definition) is 2. The first-order valence-corrected chi connectivity index (χ1v) is 4.11. The van der Waals surface area contributed by atoms with Crippen molar-refractivity contribution in [2.24, 2.45) is 0 Å². The molecule has 0 rings (SSSR count). The van der Waals surface area contributed by atoms with Crippen molar-refractivity contribution in [3.63, 3.8) is 0 Å². The van der Waals surface area contributed by atoms with Crippen LogP contribution in [0.1, 0.15) is 27.7 Å². The van der Waals surface area contributed by atoms with Gasteiger partial charge in [0.25, 0.3) is 0 Å². The van der Waals surface area contributed by atoms with Crippen molar-refractivity contribution in [1.82, 2.24) is 5.32 Å². The van der Waals surface area contributed by atoms with Crippen molar-refractivity contribution in [1.29, 1.82) is 0 Å². The van der Waals surface area contributed by atoms with Gasteiger partial charge in [-0.25, -0.2) is 4.79 Å². The second kappa shape index (κ2) is 4.64. The van der Waals surface area contributed by atoms with Gasteiger partial charge in [0.2, 0.25) is 5.91 Å². The van der Waals surface area contributed by atoms with E-state index in [0.717, 1.165) is 0 Å². The predicted molar refractivity (Wildman–Crippen MR) is 50.4 cm³/mol. The first-order chi connectivity index (χ1) is 6.26. The maximum Gasteiger partial charge on any atom is 0.358 e. The smallest absolute Gasteiger partial charge is 0.358 e. The quantitative estimate of drug-likeness (QED) is 0.395. The Hall–Kier alpha value is -1.52. The Morgan fingerprint density at radius 1 is 1.36 bits per heavy atom. The molecule has 0 aliphatic rings. The maximum absolute atomic E-state index is 11.3. The molecule has 0 aromatic heterocycles. The van der Waals surface area contributed by atoms with E-state index in [0.29, 0.717) is 6.26 Å². The molecule has 80 valence electrons. The molecule has 5 nitrogen and oxygen atoms in total. The van der Waals surface area contributed by atoms with Crippen molar-refractivity contribution in [3.05, 3.63) is 12.0 Å². The molecule has 0 radical (unpaired) electrons. The number of amides is 1. The average molecular weight is 201 g/mol. The highest BCUT2D eigenvalue weighted by Crippen LogP contribution is 2.09. The zero-order chi connectivity index (χ0) is 11.4. The zero-order valence-electron chi connectivity index (χ0n) is 8.75. The number of ether oxygens (including phenoxy) is 1. The van der Waals surface area contributed by atoms with Crippen LogP contribution >= 0.6 is 0 Å². The van der Waals surface area contributed by atoms with Crippen LogP contribution in [-0.2, 0) is 14.3 Å². The Bertz CT molecular complexity index is 262. The first-order valence-electron chi connectivity index (χ1n) is 4.11. The molecule has 14 heavy (non-hydrogen) atoms. The Kier molecular flexibility index (Phi) is 4.14. The number of nitrogens with one attached hydrogen (secondary N) is 1. The van der Waals surface area contributed by atoms with E-state index in [1.54, 1.807) is 20.8 Å². The zero-order valence-corrected chi connectivity index (χ0v) is 8.75. The Morgan fingerprint density at radius 2 is 1.86 bits per heavy atom. The highest BCUT2D eigenvalue weighted by Gasteiger charge is 2.20. The van der Waals surface area contributed by atoms with Gasteiger partial charge in [0.15, 0.2) is 5.70 Å². The lowest BCUT2D eigenvalue weighted by Gasteiger charge is -2.20. The highest BCUT2D eigenvalue weighted by molar-refractivity contribution is 5.93. The molecule has 0 heterocycles. The van der Waals surface area contributed by atoms with Gasteiger partial charge < -0.3 is 15.2 Å². The molecule has 0 saturated carbocycles. The van der Waals surface area contributed by atoms with Gasteiger partial charge in [0, 0.05) is 6.92 Å². The number of carbonyl (C=O) groups excluding carboxylic acids is 2. The topological polar surface area (TPSA) is 75.6 Å². The van der Waals surface area contributed by atoms with E-state index in [2.05, 4.69) is 5.32 Å². The fourth-order valence-corrected chi connectivity index (χ4v) is 0.659. The highest BCUT2D eigenvalue weighted by atomic mass is 16.6.